The van der Waals surface area contributed by atoms with Crippen LogP contribution in [0.1, 0.15) is 75.7 Å². The van der Waals surface area contributed by atoms with Gasteiger partial charge in [0, 0.05) is 11.6 Å². The summed E-state index contributed by atoms with van der Waals surface area (Å²) in [6, 6.07) is 0.256. The minimum absolute atomic E-state index is 0.256. The Morgan fingerprint density at radius 2 is 1.48 bits per heavy atom. The number of rotatable bonds is 8. The predicted molar refractivity (Wildman–Crippen MR) is 147 cm³/mol. The van der Waals surface area contributed by atoms with Gasteiger partial charge >= 0.3 is 0 Å². The number of hydrogen-bond acceptors (Lipinski definition) is 1. The molecule has 1 aliphatic rings. The van der Waals surface area contributed by atoms with Crippen LogP contribution in [0.15, 0.2) is 96.8 Å². The Kier molecular flexibility index (Phi) is 25.8. The Morgan fingerprint density at radius 3 is 1.94 bits per heavy atom. The van der Waals surface area contributed by atoms with Gasteiger partial charge in [-0.05, 0) is 43.9 Å². The first-order chi connectivity index (χ1) is 15.1. The molecular weight excluding hydrogens is 374 g/mol. The second-order valence-corrected chi connectivity index (χ2v) is 6.22. The number of allylic oxidation sites excluding steroid dienone is 11. The maximum absolute atomic E-state index is 3.81. The standard InChI is InChI=1S/C24H33N.3C2H6/c1-7-12-16-20(17-13-8-2)24-21(11-5)22(15-10-4)19(6)23(25-24)18-14-9-3;3*1-2/h7-10,12-18,21-22,24-25H,1,3,11H2,2,4-6H3;3*1-2H3/b13-8-,15-10-,16-12-,18-14-,20-17+;;;. The molecule has 0 bridgehead atoms. The molecule has 1 heterocycles. The van der Waals surface area contributed by atoms with Gasteiger partial charge in [-0.15, -0.1) is 0 Å². The highest BCUT2D eigenvalue weighted by atomic mass is 15.0. The minimum Gasteiger partial charge on any atom is -0.378 e. The van der Waals surface area contributed by atoms with Crippen LogP contribution in [0.4, 0.5) is 0 Å². The molecule has 1 rings (SSSR count). The van der Waals surface area contributed by atoms with Crippen LogP contribution in [0, 0.1) is 11.8 Å². The largest absolute Gasteiger partial charge is 0.378 e. The van der Waals surface area contributed by atoms with Crippen molar-refractivity contribution in [2.45, 2.75) is 81.7 Å². The SMILES string of the molecule is C=C/C=C\C1=C(C)C(/C=C\C)C(CC)C(C(/C=C\C=C)=C/C=C\C)N1.CC.CC.CC. The first-order valence-electron chi connectivity index (χ1n) is 12.2. The van der Waals surface area contributed by atoms with Crippen molar-refractivity contribution in [3.63, 3.8) is 0 Å². The first kappa shape index (κ1) is 33.4. The van der Waals surface area contributed by atoms with E-state index >= 15 is 0 Å². The molecule has 176 valence electrons. The zero-order valence-corrected chi connectivity index (χ0v) is 22.2. The first-order valence-corrected chi connectivity index (χ1v) is 12.2. The molecule has 3 atom stereocenters. The lowest BCUT2D eigenvalue weighted by atomic mass is 9.73. The molecule has 0 fully saturated rings. The summed E-state index contributed by atoms with van der Waals surface area (Å²) in [5.74, 6) is 0.930. The summed E-state index contributed by atoms with van der Waals surface area (Å²) in [5, 5.41) is 3.77. The monoisotopic (exact) mass is 425 g/mol. The van der Waals surface area contributed by atoms with E-state index in [1.807, 2.05) is 72.8 Å². The molecule has 0 radical (unpaired) electrons. The minimum atomic E-state index is 0.256. The lowest BCUT2D eigenvalue weighted by Gasteiger charge is -2.40. The summed E-state index contributed by atoms with van der Waals surface area (Å²) >= 11 is 0. The van der Waals surface area contributed by atoms with E-state index in [2.05, 4.69) is 81.8 Å². The Labute approximate surface area is 195 Å². The van der Waals surface area contributed by atoms with Crippen molar-refractivity contribution in [2.24, 2.45) is 11.8 Å². The van der Waals surface area contributed by atoms with Crippen LogP contribution in [0.2, 0.25) is 0 Å². The zero-order chi connectivity index (χ0) is 24.7. The Morgan fingerprint density at radius 1 is 0.903 bits per heavy atom. The van der Waals surface area contributed by atoms with Gasteiger partial charge in [0.2, 0.25) is 0 Å². The van der Waals surface area contributed by atoms with Gasteiger partial charge in [0.25, 0.3) is 0 Å². The smallest absolute Gasteiger partial charge is 0.0550 e. The van der Waals surface area contributed by atoms with Crippen LogP contribution in [-0.4, -0.2) is 6.04 Å². The van der Waals surface area contributed by atoms with Crippen LogP contribution >= 0.6 is 0 Å². The predicted octanol–water partition coefficient (Wildman–Crippen LogP) is 9.52. The van der Waals surface area contributed by atoms with Gasteiger partial charge in [0.05, 0.1) is 6.04 Å². The lowest BCUT2D eigenvalue weighted by molar-refractivity contribution is 0.323. The maximum atomic E-state index is 3.81. The van der Waals surface area contributed by atoms with Gasteiger partial charge < -0.3 is 5.32 Å². The molecule has 0 amide bonds. The van der Waals surface area contributed by atoms with Crippen LogP contribution in [-0.2, 0) is 0 Å². The second-order valence-electron chi connectivity index (χ2n) is 6.22. The fraction of sp³-hybridized carbons (Fsp3) is 0.467. The molecule has 1 heteroatoms. The van der Waals surface area contributed by atoms with E-state index in [0.717, 1.165) is 6.42 Å². The average molecular weight is 426 g/mol. The molecule has 0 aromatic heterocycles. The molecule has 3 unspecified atom stereocenters. The number of nitrogens with one attached hydrogen (secondary N) is 1. The van der Waals surface area contributed by atoms with Gasteiger partial charge in [-0.1, -0.05) is 129 Å². The van der Waals surface area contributed by atoms with E-state index in [1.165, 1.54) is 16.8 Å². The number of hydrogen-bond donors (Lipinski definition) is 1. The summed E-state index contributed by atoms with van der Waals surface area (Å²) < 4.78 is 0. The molecule has 0 saturated carbocycles. The van der Waals surface area contributed by atoms with Gasteiger partial charge in [-0.25, -0.2) is 0 Å². The molecule has 0 aromatic carbocycles. The average Bonchev–Trinajstić information content (AvgIpc) is 2.83. The highest BCUT2D eigenvalue weighted by molar-refractivity contribution is 5.40. The highest BCUT2D eigenvalue weighted by Crippen LogP contribution is 2.37. The molecule has 0 saturated heterocycles. The maximum Gasteiger partial charge on any atom is 0.0550 e. The van der Waals surface area contributed by atoms with Gasteiger partial charge in [0.1, 0.15) is 0 Å². The van der Waals surface area contributed by atoms with Crippen molar-refractivity contribution in [1.82, 2.24) is 5.32 Å². The normalized spacial score (nSPS) is 21.1. The van der Waals surface area contributed by atoms with Crippen molar-refractivity contribution in [3.8, 4) is 0 Å². The van der Waals surface area contributed by atoms with Gasteiger partial charge in [-0.3, -0.25) is 0 Å². The third kappa shape index (κ3) is 12.2. The van der Waals surface area contributed by atoms with Gasteiger partial charge in [-0.2, -0.15) is 0 Å². The van der Waals surface area contributed by atoms with E-state index in [0.29, 0.717) is 11.8 Å². The Hall–Kier alpha value is -2.28. The van der Waals surface area contributed by atoms with Crippen LogP contribution in [0.3, 0.4) is 0 Å². The van der Waals surface area contributed by atoms with Crippen LogP contribution < -0.4 is 5.32 Å². The Balaban J connectivity index is -0.00000120. The van der Waals surface area contributed by atoms with Crippen molar-refractivity contribution in [2.75, 3.05) is 0 Å². The third-order valence-corrected chi connectivity index (χ3v) is 4.66. The summed E-state index contributed by atoms with van der Waals surface area (Å²) in [6.07, 6.45) is 23.9. The van der Waals surface area contributed by atoms with Crippen LogP contribution in [0.25, 0.3) is 0 Å². The van der Waals surface area contributed by atoms with Crippen LogP contribution in [0.5, 0.6) is 0 Å². The third-order valence-electron chi connectivity index (χ3n) is 4.66. The molecule has 1 aliphatic heterocycles. The fourth-order valence-electron chi connectivity index (χ4n) is 3.40. The van der Waals surface area contributed by atoms with Gasteiger partial charge in [0.15, 0.2) is 0 Å². The molecule has 0 aliphatic carbocycles. The van der Waals surface area contributed by atoms with E-state index in [4.69, 9.17) is 0 Å². The summed E-state index contributed by atoms with van der Waals surface area (Å²) in [7, 11) is 0. The topological polar surface area (TPSA) is 12.0 Å². The zero-order valence-electron chi connectivity index (χ0n) is 22.2. The van der Waals surface area contributed by atoms with Crippen molar-refractivity contribution in [3.05, 3.63) is 96.8 Å². The molecular formula is C30H51N. The highest BCUT2D eigenvalue weighted by Gasteiger charge is 2.34. The molecule has 31 heavy (non-hydrogen) atoms. The van der Waals surface area contributed by atoms with E-state index in [1.54, 1.807) is 0 Å². The molecule has 1 N–H and O–H groups in total. The quantitative estimate of drug-likeness (QED) is 0.301. The van der Waals surface area contributed by atoms with Crippen molar-refractivity contribution in [1.29, 1.82) is 0 Å². The van der Waals surface area contributed by atoms with Crippen molar-refractivity contribution < 1.29 is 0 Å². The van der Waals surface area contributed by atoms with E-state index < -0.39 is 0 Å². The van der Waals surface area contributed by atoms with E-state index in [-0.39, 0.29) is 6.04 Å². The Bertz CT molecular complexity index is 623. The van der Waals surface area contributed by atoms with Crippen molar-refractivity contribution >= 4 is 0 Å². The molecule has 1 nitrogen and oxygen atoms in total. The summed E-state index contributed by atoms with van der Waals surface area (Å²) in [4.78, 5) is 0. The molecule has 0 aromatic rings. The fourth-order valence-corrected chi connectivity index (χ4v) is 3.40. The van der Waals surface area contributed by atoms with E-state index in [9.17, 15) is 0 Å². The lowest BCUT2D eigenvalue weighted by Crippen LogP contribution is -2.44. The summed E-state index contributed by atoms with van der Waals surface area (Å²) in [5.41, 5.74) is 3.85. The summed E-state index contributed by atoms with van der Waals surface area (Å²) in [6.45, 7) is 28.3. The second kappa shape index (κ2) is 24.0. The molecule has 0 spiro atoms.